The van der Waals surface area contributed by atoms with Crippen molar-refractivity contribution in [2.45, 2.75) is 83.9 Å². The van der Waals surface area contributed by atoms with E-state index in [1.807, 2.05) is 6.07 Å². The van der Waals surface area contributed by atoms with E-state index < -0.39 is 8.32 Å². The van der Waals surface area contributed by atoms with Crippen molar-refractivity contribution in [2.24, 2.45) is 0 Å². The topological polar surface area (TPSA) is 27.7 Å². The molecule has 4 heteroatoms. The maximum atomic E-state index is 6.97. The lowest BCUT2D eigenvalue weighted by molar-refractivity contribution is -0.106. The molecule has 2 aromatic carbocycles. The number of hydrogen-bond acceptors (Lipinski definition) is 3. The van der Waals surface area contributed by atoms with Gasteiger partial charge in [0.1, 0.15) is 0 Å². The number of benzene rings is 2. The fourth-order valence-electron chi connectivity index (χ4n) is 3.48. The Balaban J connectivity index is 2.41. The van der Waals surface area contributed by atoms with Gasteiger partial charge in [-0.1, -0.05) is 83.0 Å². The van der Waals surface area contributed by atoms with E-state index in [0.29, 0.717) is 0 Å². The zero-order chi connectivity index (χ0) is 23.1. The van der Waals surface area contributed by atoms with Crippen LogP contribution in [-0.2, 0) is 20.3 Å². The van der Waals surface area contributed by atoms with Gasteiger partial charge in [-0.2, -0.15) is 0 Å². The molecule has 31 heavy (non-hydrogen) atoms. The van der Waals surface area contributed by atoms with Gasteiger partial charge < -0.3 is 13.9 Å². The first-order valence-electron chi connectivity index (χ1n) is 11.5. The Hall–Kier alpha value is -1.46. The van der Waals surface area contributed by atoms with Crippen LogP contribution in [0.15, 0.2) is 48.5 Å². The Morgan fingerprint density at radius 3 is 2.00 bits per heavy atom. The van der Waals surface area contributed by atoms with E-state index in [4.69, 9.17) is 13.9 Å². The predicted molar refractivity (Wildman–Crippen MR) is 133 cm³/mol. The summed E-state index contributed by atoms with van der Waals surface area (Å²) < 4.78 is 18.0. The summed E-state index contributed by atoms with van der Waals surface area (Å²) in [5.74, 6) is 0. The molecule has 3 nitrogen and oxygen atoms in total. The Labute approximate surface area is 191 Å². The molecule has 2 rings (SSSR count). The van der Waals surface area contributed by atoms with Gasteiger partial charge in [0.25, 0.3) is 0 Å². The van der Waals surface area contributed by atoms with Gasteiger partial charge in [0.15, 0.2) is 14.6 Å². The summed E-state index contributed by atoms with van der Waals surface area (Å²) in [5.41, 5.74) is 4.74. The Bertz CT molecular complexity index is 789. The van der Waals surface area contributed by atoms with Crippen LogP contribution >= 0.6 is 0 Å². The highest BCUT2D eigenvalue weighted by Crippen LogP contribution is 2.42. The molecule has 1 unspecified atom stereocenters. The SMILES string of the molecule is CCCCCc1ccc(C(O[Si](C)(C)C(C)(C)C)c2cccc(C(OC)OC)c2)cc1. The number of rotatable bonds is 11. The van der Waals surface area contributed by atoms with E-state index in [1.165, 1.54) is 30.4 Å². The van der Waals surface area contributed by atoms with Gasteiger partial charge in [-0.05, 0) is 53.7 Å². The molecule has 0 saturated carbocycles. The minimum atomic E-state index is -2.00. The molecule has 172 valence electrons. The van der Waals surface area contributed by atoms with Crippen molar-refractivity contribution in [3.8, 4) is 0 Å². The highest BCUT2D eigenvalue weighted by atomic mass is 28.4. The van der Waals surface area contributed by atoms with E-state index >= 15 is 0 Å². The molecule has 0 spiro atoms. The minimum Gasteiger partial charge on any atom is -0.406 e. The van der Waals surface area contributed by atoms with Gasteiger partial charge in [0, 0.05) is 19.8 Å². The van der Waals surface area contributed by atoms with Gasteiger partial charge >= 0.3 is 0 Å². The quantitative estimate of drug-likeness (QED) is 0.202. The van der Waals surface area contributed by atoms with E-state index in [0.717, 1.165) is 17.5 Å². The van der Waals surface area contributed by atoms with Crippen molar-refractivity contribution in [2.75, 3.05) is 14.2 Å². The lowest BCUT2D eigenvalue weighted by atomic mass is 9.97. The molecule has 0 aliphatic carbocycles. The van der Waals surface area contributed by atoms with Crippen LogP contribution in [0.25, 0.3) is 0 Å². The zero-order valence-corrected chi connectivity index (χ0v) is 21.8. The van der Waals surface area contributed by atoms with Gasteiger partial charge in [-0.25, -0.2) is 0 Å². The van der Waals surface area contributed by atoms with Crippen LogP contribution in [0, 0.1) is 0 Å². The third-order valence-corrected chi connectivity index (χ3v) is 10.9. The molecule has 0 bridgehead atoms. The number of unbranched alkanes of at least 4 members (excludes halogenated alkanes) is 2. The first-order valence-corrected chi connectivity index (χ1v) is 14.5. The second kappa shape index (κ2) is 11.4. The first kappa shape index (κ1) is 25.8. The van der Waals surface area contributed by atoms with Gasteiger partial charge in [0.2, 0.25) is 0 Å². The normalized spacial score (nSPS) is 13.6. The van der Waals surface area contributed by atoms with E-state index in [1.54, 1.807) is 14.2 Å². The largest absolute Gasteiger partial charge is 0.406 e. The van der Waals surface area contributed by atoms with E-state index in [-0.39, 0.29) is 17.4 Å². The molecule has 0 aliphatic heterocycles. The van der Waals surface area contributed by atoms with Crippen molar-refractivity contribution in [3.05, 3.63) is 70.8 Å². The van der Waals surface area contributed by atoms with Crippen LogP contribution in [0.3, 0.4) is 0 Å². The monoisotopic (exact) mass is 442 g/mol. The summed E-state index contributed by atoms with van der Waals surface area (Å²) in [5, 5.41) is 0.130. The highest BCUT2D eigenvalue weighted by Gasteiger charge is 2.40. The summed E-state index contributed by atoms with van der Waals surface area (Å²) in [4.78, 5) is 0. The molecule has 0 heterocycles. The number of ether oxygens (including phenoxy) is 2. The van der Waals surface area contributed by atoms with E-state index in [2.05, 4.69) is 83.3 Å². The molecule has 0 aliphatic rings. The maximum Gasteiger partial charge on any atom is 0.193 e. The van der Waals surface area contributed by atoms with Gasteiger partial charge in [-0.3, -0.25) is 0 Å². The van der Waals surface area contributed by atoms with Gasteiger partial charge in [-0.15, -0.1) is 0 Å². The summed E-state index contributed by atoms with van der Waals surface area (Å²) >= 11 is 0. The fourth-order valence-corrected chi connectivity index (χ4v) is 4.69. The third kappa shape index (κ3) is 7.01. The second-order valence-electron chi connectivity index (χ2n) is 9.93. The average Bonchev–Trinajstić information content (AvgIpc) is 2.73. The predicted octanol–water partition coefficient (Wildman–Crippen LogP) is 7.82. The number of methoxy groups -OCH3 is 2. The zero-order valence-electron chi connectivity index (χ0n) is 20.8. The number of aryl methyl sites for hydroxylation is 1. The Morgan fingerprint density at radius 1 is 0.839 bits per heavy atom. The molecule has 0 saturated heterocycles. The second-order valence-corrected chi connectivity index (χ2v) is 14.7. The van der Waals surface area contributed by atoms with Crippen LogP contribution < -0.4 is 0 Å². The van der Waals surface area contributed by atoms with Crippen molar-refractivity contribution in [1.29, 1.82) is 0 Å². The average molecular weight is 443 g/mol. The molecule has 0 aromatic heterocycles. The molecule has 2 aromatic rings. The van der Waals surface area contributed by atoms with Crippen LogP contribution in [0.5, 0.6) is 0 Å². The van der Waals surface area contributed by atoms with Crippen molar-refractivity contribution >= 4 is 8.32 Å². The van der Waals surface area contributed by atoms with Crippen molar-refractivity contribution in [3.63, 3.8) is 0 Å². The highest BCUT2D eigenvalue weighted by molar-refractivity contribution is 6.74. The first-order chi connectivity index (χ1) is 14.6. The summed E-state index contributed by atoms with van der Waals surface area (Å²) in [6.45, 7) is 13.7. The molecular formula is C27H42O3Si. The fraction of sp³-hybridized carbons (Fsp3) is 0.556. The molecule has 0 fully saturated rings. The summed E-state index contributed by atoms with van der Waals surface area (Å²) in [6, 6.07) is 17.4. The van der Waals surface area contributed by atoms with Gasteiger partial charge in [0.05, 0.1) is 6.10 Å². The number of hydrogen-bond donors (Lipinski definition) is 0. The molecular weight excluding hydrogens is 400 g/mol. The maximum absolute atomic E-state index is 6.97. The standard InChI is InChI=1S/C27H42O3Si/c1-9-10-11-13-21-16-18-22(19-17-21)25(30-31(7,8)27(2,3)4)23-14-12-15-24(20-23)26(28-5)29-6/h12,14-20,25-26H,9-11,13H2,1-8H3. The lowest BCUT2D eigenvalue weighted by Gasteiger charge is -2.39. The Morgan fingerprint density at radius 2 is 1.45 bits per heavy atom. The van der Waals surface area contributed by atoms with Crippen LogP contribution in [0.1, 0.15) is 81.6 Å². The van der Waals surface area contributed by atoms with E-state index in [9.17, 15) is 0 Å². The molecule has 0 amide bonds. The Kier molecular flexibility index (Phi) is 9.50. The molecule has 0 radical (unpaired) electrons. The minimum absolute atomic E-state index is 0.111. The van der Waals surface area contributed by atoms with Crippen LogP contribution in [-0.4, -0.2) is 22.5 Å². The van der Waals surface area contributed by atoms with Crippen molar-refractivity contribution < 1.29 is 13.9 Å². The summed E-state index contributed by atoms with van der Waals surface area (Å²) in [7, 11) is 1.34. The van der Waals surface area contributed by atoms with Crippen molar-refractivity contribution in [1.82, 2.24) is 0 Å². The third-order valence-electron chi connectivity index (χ3n) is 6.48. The smallest absolute Gasteiger partial charge is 0.193 e. The lowest BCUT2D eigenvalue weighted by Crippen LogP contribution is -2.42. The molecule has 1 atom stereocenters. The summed E-state index contributed by atoms with van der Waals surface area (Å²) in [6.07, 6.45) is 4.43. The molecule has 0 N–H and O–H groups in total. The van der Waals surface area contributed by atoms with Crippen LogP contribution in [0.2, 0.25) is 18.1 Å². The van der Waals surface area contributed by atoms with Crippen LogP contribution in [0.4, 0.5) is 0 Å².